The molecule has 2 aromatic carbocycles. The number of aryl methyl sites for hydroxylation is 1. The van der Waals surface area contributed by atoms with Crippen LogP contribution in [0.4, 0.5) is 10.1 Å². The minimum atomic E-state index is -0.279. The summed E-state index contributed by atoms with van der Waals surface area (Å²) >= 11 is 1.58. The largest absolute Gasteiger partial charge is 0.295 e. The van der Waals surface area contributed by atoms with E-state index < -0.39 is 0 Å². The lowest BCUT2D eigenvalue weighted by molar-refractivity contribution is -0.115. The predicted molar refractivity (Wildman–Crippen MR) is 99.0 cm³/mol. The zero-order valence-electron chi connectivity index (χ0n) is 14.5. The second-order valence-electron chi connectivity index (χ2n) is 7.23. The van der Waals surface area contributed by atoms with Crippen molar-refractivity contribution in [3.63, 3.8) is 0 Å². The highest BCUT2D eigenvalue weighted by Crippen LogP contribution is 2.42. The van der Waals surface area contributed by atoms with E-state index in [0.717, 1.165) is 5.56 Å². The van der Waals surface area contributed by atoms with Gasteiger partial charge in [0.15, 0.2) is 0 Å². The molecule has 0 saturated carbocycles. The maximum atomic E-state index is 13.9. The van der Waals surface area contributed by atoms with Crippen molar-refractivity contribution in [3.05, 3.63) is 65.0 Å². The van der Waals surface area contributed by atoms with Gasteiger partial charge in [0.1, 0.15) is 11.2 Å². The number of rotatable bonds is 2. The van der Waals surface area contributed by atoms with E-state index >= 15 is 0 Å². The first-order valence-electron chi connectivity index (χ1n) is 8.07. The SMILES string of the molecule is Cc1ccc(N2C(=O)CS[C@@H]2c2ccc(C(C)(C)C)cc2)cc1F. The molecule has 0 unspecified atom stereocenters. The van der Waals surface area contributed by atoms with Crippen LogP contribution >= 0.6 is 11.8 Å². The lowest BCUT2D eigenvalue weighted by atomic mass is 9.86. The molecule has 2 aromatic rings. The Balaban J connectivity index is 1.94. The second-order valence-corrected chi connectivity index (χ2v) is 8.30. The first-order valence-corrected chi connectivity index (χ1v) is 9.12. The van der Waals surface area contributed by atoms with Crippen molar-refractivity contribution in [1.82, 2.24) is 0 Å². The van der Waals surface area contributed by atoms with Gasteiger partial charge in [-0.25, -0.2) is 4.39 Å². The monoisotopic (exact) mass is 343 g/mol. The van der Waals surface area contributed by atoms with Crippen LogP contribution in [0.1, 0.15) is 42.8 Å². The van der Waals surface area contributed by atoms with Gasteiger partial charge in [0.05, 0.1) is 5.75 Å². The van der Waals surface area contributed by atoms with E-state index in [1.54, 1.807) is 29.7 Å². The summed E-state index contributed by atoms with van der Waals surface area (Å²) in [5.41, 5.74) is 3.63. The van der Waals surface area contributed by atoms with Gasteiger partial charge in [0.25, 0.3) is 0 Å². The van der Waals surface area contributed by atoms with Crippen molar-refractivity contribution >= 4 is 23.4 Å². The molecule has 0 aliphatic carbocycles. The summed E-state index contributed by atoms with van der Waals surface area (Å²) in [4.78, 5) is 14.1. The second kappa shape index (κ2) is 6.25. The molecule has 0 bridgehead atoms. The first-order chi connectivity index (χ1) is 11.3. The van der Waals surface area contributed by atoms with Crippen molar-refractivity contribution in [2.45, 2.75) is 38.5 Å². The van der Waals surface area contributed by atoms with E-state index in [0.29, 0.717) is 17.0 Å². The number of benzene rings is 2. The normalized spacial score (nSPS) is 18.3. The Morgan fingerprint density at radius 3 is 2.38 bits per heavy atom. The molecule has 126 valence electrons. The minimum Gasteiger partial charge on any atom is -0.295 e. The summed E-state index contributed by atoms with van der Waals surface area (Å²) in [6, 6.07) is 13.4. The Bertz CT molecular complexity index is 764. The summed E-state index contributed by atoms with van der Waals surface area (Å²) in [6.45, 7) is 8.26. The number of anilines is 1. The topological polar surface area (TPSA) is 20.3 Å². The zero-order chi connectivity index (χ0) is 17.5. The van der Waals surface area contributed by atoms with Crippen LogP contribution in [0.2, 0.25) is 0 Å². The van der Waals surface area contributed by atoms with Crippen LogP contribution in [0.3, 0.4) is 0 Å². The van der Waals surface area contributed by atoms with Crippen molar-refractivity contribution in [3.8, 4) is 0 Å². The van der Waals surface area contributed by atoms with Gasteiger partial charge in [0.2, 0.25) is 5.91 Å². The Morgan fingerprint density at radius 1 is 1.12 bits per heavy atom. The molecule has 1 aliphatic heterocycles. The van der Waals surface area contributed by atoms with Crippen molar-refractivity contribution in [2.75, 3.05) is 10.7 Å². The highest BCUT2D eigenvalue weighted by molar-refractivity contribution is 8.00. The smallest absolute Gasteiger partial charge is 0.238 e. The molecule has 0 aromatic heterocycles. The lowest BCUT2D eigenvalue weighted by Gasteiger charge is -2.26. The Morgan fingerprint density at radius 2 is 1.79 bits per heavy atom. The van der Waals surface area contributed by atoms with Crippen LogP contribution < -0.4 is 4.90 Å². The van der Waals surface area contributed by atoms with Gasteiger partial charge in [0, 0.05) is 5.69 Å². The fraction of sp³-hybridized carbons (Fsp3) is 0.350. The third-order valence-corrected chi connectivity index (χ3v) is 5.58. The van der Waals surface area contributed by atoms with Crippen molar-refractivity contribution in [2.24, 2.45) is 0 Å². The maximum absolute atomic E-state index is 13.9. The molecule has 0 N–H and O–H groups in total. The third-order valence-electron chi connectivity index (χ3n) is 4.36. The van der Waals surface area contributed by atoms with E-state index in [-0.39, 0.29) is 22.5 Å². The fourth-order valence-electron chi connectivity index (χ4n) is 2.83. The summed E-state index contributed by atoms with van der Waals surface area (Å²) < 4.78 is 13.9. The molecular weight excluding hydrogens is 321 g/mol. The number of carbonyl (C=O) groups excluding carboxylic acids is 1. The number of thioether (sulfide) groups is 1. The number of hydrogen-bond acceptors (Lipinski definition) is 2. The molecule has 1 atom stereocenters. The van der Waals surface area contributed by atoms with E-state index in [4.69, 9.17) is 0 Å². The number of amides is 1. The Kier molecular flexibility index (Phi) is 4.43. The molecule has 1 saturated heterocycles. The summed E-state index contributed by atoms with van der Waals surface area (Å²) in [5, 5.41) is -0.103. The Labute approximate surface area is 147 Å². The molecule has 24 heavy (non-hydrogen) atoms. The van der Waals surface area contributed by atoms with Crippen LogP contribution in [0.15, 0.2) is 42.5 Å². The summed E-state index contributed by atoms with van der Waals surface area (Å²) in [7, 11) is 0. The van der Waals surface area contributed by atoms with Crippen LogP contribution in [-0.2, 0) is 10.2 Å². The predicted octanol–water partition coefficient (Wildman–Crippen LogP) is 5.21. The Hall–Kier alpha value is -1.81. The van der Waals surface area contributed by atoms with Crippen molar-refractivity contribution in [1.29, 1.82) is 0 Å². The number of halogens is 1. The van der Waals surface area contributed by atoms with Crippen LogP contribution in [0.5, 0.6) is 0 Å². The third kappa shape index (κ3) is 3.20. The van der Waals surface area contributed by atoms with E-state index in [2.05, 4.69) is 45.0 Å². The molecule has 1 amide bonds. The standard InChI is InChI=1S/C20H22FNOS/c1-13-5-10-16(11-17(13)21)22-18(23)12-24-19(22)14-6-8-15(9-7-14)20(2,3)4/h5-11,19H,12H2,1-4H3/t19-/m1/s1. The minimum absolute atomic E-state index is 0.0214. The van der Waals surface area contributed by atoms with Gasteiger partial charge < -0.3 is 0 Å². The summed E-state index contributed by atoms with van der Waals surface area (Å²) in [6.07, 6.45) is 0. The van der Waals surface area contributed by atoms with Crippen LogP contribution in [-0.4, -0.2) is 11.7 Å². The summed E-state index contributed by atoms with van der Waals surface area (Å²) in [5.74, 6) is 0.161. The molecule has 1 heterocycles. The molecule has 1 fully saturated rings. The molecule has 0 radical (unpaired) electrons. The van der Waals surface area contributed by atoms with Gasteiger partial charge in [-0.3, -0.25) is 9.69 Å². The zero-order valence-corrected chi connectivity index (χ0v) is 15.3. The maximum Gasteiger partial charge on any atom is 0.238 e. The van der Waals surface area contributed by atoms with Crippen molar-refractivity contribution < 1.29 is 9.18 Å². The molecule has 4 heteroatoms. The van der Waals surface area contributed by atoms with E-state index in [1.807, 2.05) is 6.07 Å². The molecular formula is C20H22FNOS. The number of carbonyl (C=O) groups is 1. The van der Waals surface area contributed by atoms with E-state index in [1.165, 1.54) is 11.6 Å². The molecule has 1 aliphatic rings. The fourth-order valence-corrected chi connectivity index (χ4v) is 4.01. The highest BCUT2D eigenvalue weighted by atomic mass is 32.2. The highest BCUT2D eigenvalue weighted by Gasteiger charge is 2.34. The number of hydrogen-bond donors (Lipinski definition) is 0. The molecule has 3 rings (SSSR count). The quantitative estimate of drug-likeness (QED) is 0.746. The first kappa shape index (κ1) is 17.0. The van der Waals surface area contributed by atoms with Crippen LogP contribution in [0, 0.1) is 12.7 Å². The van der Waals surface area contributed by atoms with Crippen LogP contribution in [0.25, 0.3) is 0 Å². The van der Waals surface area contributed by atoms with Gasteiger partial charge in [-0.05, 0) is 41.2 Å². The average molecular weight is 343 g/mol. The van der Waals surface area contributed by atoms with E-state index in [9.17, 15) is 9.18 Å². The van der Waals surface area contributed by atoms with Gasteiger partial charge in [-0.15, -0.1) is 11.8 Å². The lowest BCUT2D eigenvalue weighted by Crippen LogP contribution is -2.28. The van der Waals surface area contributed by atoms with Gasteiger partial charge in [-0.1, -0.05) is 51.1 Å². The number of nitrogens with zero attached hydrogens (tertiary/aromatic N) is 1. The average Bonchev–Trinajstić information content (AvgIpc) is 2.91. The van der Waals surface area contributed by atoms with Gasteiger partial charge in [-0.2, -0.15) is 0 Å². The van der Waals surface area contributed by atoms with Gasteiger partial charge >= 0.3 is 0 Å². The molecule has 0 spiro atoms. The molecule has 2 nitrogen and oxygen atoms in total.